The van der Waals surface area contributed by atoms with Gasteiger partial charge in [-0.25, -0.2) is 13.1 Å². The quantitative estimate of drug-likeness (QED) is 0.607. The molecule has 0 aromatic heterocycles. The van der Waals surface area contributed by atoms with Crippen molar-refractivity contribution >= 4 is 31.9 Å². The molecule has 1 aliphatic heterocycles. The summed E-state index contributed by atoms with van der Waals surface area (Å²) in [4.78, 5) is 12.4. The van der Waals surface area contributed by atoms with Gasteiger partial charge in [0, 0.05) is 17.6 Å². The Bertz CT molecular complexity index is 961. The van der Waals surface area contributed by atoms with Gasteiger partial charge in [-0.3, -0.25) is 4.79 Å². The number of benzene rings is 2. The molecule has 0 spiro atoms. The van der Waals surface area contributed by atoms with Crippen molar-refractivity contribution in [2.24, 2.45) is 0 Å². The second-order valence-corrected chi connectivity index (χ2v) is 8.95. The van der Waals surface area contributed by atoms with Crippen molar-refractivity contribution in [2.75, 3.05) is 26.3 Å². The molecule has 150 valence electrons. The first kappa shape index (κ1) is 20.6. The van der Waals surface area contributed by atoms with E-state index in [0.717, 1.165) is 15.6 Å². The number of sulfonamides is 1. The summed E-state index contributed by atoms with van der Waals surface area (Å²) in [6.45, 7) is 3.15. The summed E-state index contributed by atoms with van der Waals surface area (Å²) in [7, 11) is -3.59. The molecule has 0 bridgehead atoms. The van der Waals surface area contributed by atoms with E-state index in [1.54, 1.807) is 36.4 Å². The van der Waals surface area contributed by atoms with Gasteiger partial charge in [-0.15, -0.1) is 0 Å². The zero-order valence-electron chi connectivity index (χ0n) is 15.3. The van der Waals surface area contributed by atoms with Gasteiger partial charge in [0.2, 0.25) is 15.9 Å². The summed E-state index contributed by atoms with van der Waals surface area (Å²) in [5.41, 5.74) is 1.75. The third-order valence-electron chi connectivity index (χ3n) is 4.13. The van der Waals surface area contributed by atoms with Crippen molar-refractivity contribution in [3.8, 4) is 11.5 Å². The van der Waals surface area contributed by atoms with E-state index in [2.05, 4.69) is 26.0 Å². The summed E-state index contributed by atoms with van der Waals surface area (Å²) in [5.74, 6) is 1.04. The van der Waals surface area contributed by atoms with Gasteiger partial charge >= 0.3 is 0 Å². The molecule has 2 aromatic rings. The molecule has 28 heavy (non-hydrogen) atoms. The van der Waals surface area contributed by atoms with Crippen molar-refractivity contribution in [3.05, 3.63) is 52.0 Å². The highest BCUT2D eigenvalue weighted by molar-refractivity contribution is 9.10. The molecule has 3 rings (SSSR count). The largest absolute Gasteiger partial charge is 0.486 e. The van der Waals surface area contributed by atoms with Gasteiger partial charge in [-0.1, -0.05) is 33.6 Å². The molecule has 0 radical (unpaired) electrons. The normalized spacial score (nSPS) is 13.2. The highest BCUT2D eigenvalue weighted by Crippen LogP contribution is 2.35. The third kappa shape index (κ3) is 5.24. The Morgan fingerprint density at radius 2 is 1.71 bits per heavy atom. The van der Waals surface area contributed by atoms with Crippen LogP contribution in [0.25, 0.3) is 0 Å². The lowest BCUT2D eigenvalue weighted by Gasteiger charge is -2.19. The maximum absolute atomic E-state index is 12.2. The number of ether oxygens (including phenoxy) is 2. The topological polar surface area (TPSA) is 93.7 Å². The van der Waals surface area contributed by atoms with E-state index < -0.39 is 10.0 Å². The fourth-order valence-corrected chi connectivity index (χ4v) is 4.16. The molecule has 7 nitrogen and oxygen atoms in total. The Balaban J connectivity index is 1.49. The zero-order chi connectivity index (χ0) is 20.1. The van der Waals surface area contributed by atoms with Crippen molar-refractivity contribution in [3.63, 3.8) is 0 Å². The lowest BCUT2D eigenvalue weighted by Crippen LogP contribution is -2.35. The van der Waals surface area contributed by atoms with Crippen molar-refractivity contribution in [1.29, 1.82) is 0 Å². The van der Waals surface area contributed by atoms with E-state index in [9.17, 15) is 13.2 Å². The predicted octanol–water partition coefficient (Wildman–Crippen LogP) is 2.17. The van der Waals surface area contributed by atoms with Crippen LogP contribution in [0.4, 0.5) is 0 Å². The van der Waals surface area contributed by atoms with E-state index in [1.807, 2.05) is 6.92 Å². The molecule has 1 aliphatic rings. The molecule has 0 aliphatic carbocycles. The fourth-order valence-electron chi connectivity index (χ4n) is 2.67. The van der Waals surface area contributed by atoms with Gasteiger partial charge in [0.25, 0.3) is 0 Å². The van der Waals surface area contributed by atoms with Crippen LogP contribution in [0.15, 0.2) is 45.8 Å². The minimum absolute atomic E-state index is 0.101. The van der Waals surface area contributed by atoms with Crippen molar-refractivity contribution < 1.29 is 22.7 Å². The van der Waals surface area contributed by atoms with E-state index in [0.29, 0.717) is 24.7 Å². The number of carbonyl (C=O) groups is 1. The predicted molar refractivity (Wildman–Crippen MR) is 108 cm³/mol. The highest BCUT2D eigenvalue weighted by atomic mass is 79.9. The summed E-state index contributed by atoms with van der Waals surface area (Å²) >= 11 is 3.44. The fraction of sp³-hybridized carbons (Fsp3) is 0.316. The number of aryl methyl sites for hydroxylation is 1. The molecule has 0 unspecified atom stereocenters. The first-order valence-electron chi connectivity index (χ1n) is 8.76. The third-order valence-corrected chi connectivity index (χ3v) is 6.35. The molecule has 1 heterocycles. The Morgan fingerprint density at radius 3 is 2.39 bits per heavy atom. The number of carbonyl (C=O) groups excluding carboxylic acids is 1. The number of hydrogen-bond acceptors (Lipinski definition) is 5. The maximum Gasteiger partial charge on any atom is 0.240 e. The van der Waals surface area contributed by atoms with Crippen molar-refractivity contribution in [2.45, 2.75) is 18.2 Å². The first-order chi connectivity index (χ1) is 13.3. The van der Waals surface area contributed by atoms with Crippen LogP contribution >= 0.6 is 15.9 Å². The van der Waals surface area contributed by atoms with Gasteiger partial charge in [0.1, 0.15) is 13.2 Å². The number of nitrogens with one attached hydrogen (secondary N) is 2. The van der Waals surface area contributed by atoms with Gasteiger partial charge in [0.15, 0.2) is 11.5 Å². The molecule has 2 N–H and O–H groups in total. The number of hydrogen-bond donors (Lipinski definition) is 2. The SMILES string of the molecule is Cc1ccc(S(=O)(=O)NCCNC(=O)Cc2cc3c(cc2Br)OCCO3)cc1. The summed E-state index contributed by atoms with van der Waals surface area (Å²) in [6.07, 6.45) is 0.141. The van der Waals surface area contributed by atoms with E-state index in [1.165, 1.54) is 0 Å². The Labute approximate surface area is 172 Å². The van der Waals surface area contributed by atoms with Gasteiger partial charge < -0.3 is 14.8 Å². The van der Waals surface area contributed by atoms with Crippen LogP contribution in [0.5, 0.6) is 11.5 Å². The molecule has 0 saturated heterocycles. The van der Waals surface area contributed by atoms with E-state index in [-0.39, 0.29) is 30.3 Å². The molecule has 0 fully saturated rings. The van der Waals surface area contributed by atoms with Gasteiger partial charge in [-0.05, 0) is 36.8 Å². The first-order valence-corrected chi connectivity index (χ1v) is 11.0. The average Bonchev–Trinajstić information content (AvgIpc) is 2.66. The van der Waals surface area contributed by atoms with Crippen LogP contribution in [-0.2, 0) is 21.2 Å². The minimum atomic E-state index is -3.59. The number of amides is 1. The van der Waals surface area contributed by atoms with E-state index >= 15 is 0 Å². The minimum Gasteiger partial charge on any atom is -0.486 e. The van der Waals surface area contributed by atoms with Gasteiger partial charge in [-0.2, -0.15) is 0 Å². The molecule has 9 heteroatoms. The molecular weight excluding hydrogens is 448 g/mol. The van der Waals surface area contributed by atoms with Crippen LogP contribution < -0.4 is 19.5 Å². The summed E-state index contributed by atoms with van der Waals surface area (Å²) in [5, 5.41) is 2.71. The average molecular weight is 469 g/mol. The Kier molecular flexibility index (Phi) is 6.58. The Hall–Kier alpha value is -2.10. The van der Waals surface area contributed by atoms with E-state index in [4.69, 9.17) is 9.47 Å². The summed E-state index contributed by atoms with van der Waals surface area (Å²) < 4.78 is 38.7. The van der Waals surface area contributed by atoms with Crippen LogP contribution in [0.3, 0.4) is 0 Å². The lowest BCUT2D eigenvalue weighted by atomic mass is 10.1. The standard InChI is InChI=1S/C19H21BrN2O5S/c1-13-2-4-15(5-3-13)28(24,25)22-7-6-21-19(23)11-14-10-17-18(12-16(14)20)27-9-8-26-17/h2-5,10,12,22H,6-9,11H2,1H3,(H,21,23). The number of halogens is 1. The second kappa shape index (κ2) is 8.93. The van der Waals surface area contributed by atoms with Crippen LogP contribution in [-0.4, -0.2) is 40.6 Å². The lowest BCUT2D eigenvalue weighted by molar-refractivity contribution is -0.120. The zero-order valence-corrected chi connectivity index (χ0v) is 17.7. The molecule has 2 aromatic carbocycles. The summed E-state index contributed by atoms with van der Waals surface area (Å²) in [6, 6.07) is 10.1. The van der Waals surface area contributed by atoms with Crippen LogP contribution in [0, 0.1) is 6.92 Å². The Morgan fingerprint density at radius 1 is 1.07 bits per heavy atom. The van der Waals surface area contributed by atoms with Gasteiger partial charge in [0.05, 0.1) is 11.3 Å². The molecule has 1 amide bonds. The number of fused-ring (bicyclic) bond motifs is 1. The molecular formula is C19H21BrN2O5S. The van der Waals surface area contributed by atoms with Crippen molar-refractivity contribution in [1.82, 2.24) is 10.0 Å². The van der Waals surface area contributed by atoms with Crippen LogP contribution in [0.2, 0.25) is 0 Å². The number of rotatable bonds is 7. The monoisotopic (exact) mass is 468 g/mol. The molecule has 0 saturated carbocycles. The second-order valence-electron chi connectivity index (χ2n) is 6.32. The maximum atomic E-state index is 12.2. The molecule has 0 atom stereocenters. The smallest absolute Gasteiger partial charge is 0.240 e. The highest BCUT2D eigenvalue weighted by Gasteiger charge is 2.17. The van der Waals surface area contributed by atoms with Crippen LogP contribution in [0.1, 0.15) is 11.1 Å².